The van der Waals surface area contributed by atoms with Crippen LogP contribution < -0.4 is 9.47 Å². The van der Waals surface area contributed by atoms with Crippen LogP contribution in [0.15, 0.2) is 73.2 Å². The van der Waals surface area contributed by atoms with E-state index in [4.69, 9.17) is 9.47 Å². The van der Waals surface area contributed by atoms with Crippen LogP contribution in [0.25, 0.3) is 55.6 Å². The summed E-state index contributed by atoms with van der Waals surface area (Å²) >= 11 is 0. The van der Waals surface area contributed by atoms with Gasteiger partial charge in [-0.05, 0) is 61.6 Å². The molecule has 0 saturated heterocycles. The van der Waals surface area contributed by atoms with Crippen molar-refractivity contribution in [1.29, 1.82) is 0 Å². The molecule has 0 saturated carbocycles. The molecule has 0 spiro atoms. The van der Waals surface area contributed by atoms with E-state index in [9.17, 15) is 4.39 Å². The lowest BCUT2D eigenvalue weighted by Crippen LogP contribution is -2.19. The average molecular weight is 523 g/mol. The van der Waals surface area contributed by atoms with E-state index in [0.717, 1.165) is 56.5 Å². The zero-order chi connectivity index (χ0) is 26.9. The van der Waals surface area contributed by atoms with Gasteiger partial charge in [-0.25, -0.2) is 9.37 Å². The summed E-state index contributed by atoms with van der Waals surface area (Å²) in [5.41, 5.74) is 6.62. The van der Waals surface area contributed by atoms with Crippen LogP contribution in [0.3, 0.4) is 0 Å². The summed E-state index contributed by atoms with van der Waals surface area (Å²) < 4.78 is 25.7. The molecule has 4 heterocycles. The molecule has 196 valence electrons. The van der Waals surface area contributed by atoms with Crippen LogP contribution in [0, 0.1) is 5.82 Å². The fourth-order valence-corrected chi connectivity index (χ4v) is 4.64. The first-order valence-electron chi connectivity index (χ1n) is 12.5. The van der Waals surface area contributed by atoms with Crippen LogP contribution in [-0.4, -0.2) is 64.4 Å². The third-order valence-electron chi connectivity index (χ3n) is 6.61. The maximum absolute atomic E-state index is 14.6. The average Bonchev–Trinajstić information content (AvgIpc) is 3.56. The zero-order valence-electron chi connectivity index (χ0n) is 21.8. The molecular weight excluding hydrogens is 495 g/mol. The molecule has 39 heavy (non-hydrogen) atoms. The third kappa shape index (κ3) is 4.92. The maximum Gasteiger partial charge on any atom is 0.181 e. The van der Waals surface area contributed by atoms with E-state index in [1.807, 2.05) is 55.4 Å². The van der Waals surface area contributed by atoms with Gasteiger partial charge in [-0.1, -0.05) is 12.1 Å². The van der Waals surface area contributed by atoms with Gasteiger partial charge in [0.25, 0.3) is 0 Å². The van der Waals surface area contributed by atoms with Gasteiger partial charge in [-0.3, -0.25) is 10.1 Å². The van der Waals surface area contributed by atoms with Crippen molar-refractivity contribution in [3.05, 3.63) is 79.0 Å². The molecule has 6 aromatic rings. The Hall–Kier alpha value is -4.76. The fraction of sp³-hybridized carbons (Fsp3) is 0.167. The first-order chi connectivity index (χ1) is 19.0. The molecule has 0 radical (unpaired) electrons. The first-order valence-corrected chi connectivity index (χ1v) is 12.5. The second-order valence-electron chi connectivity index (χ2n) is 9.58. The number of aromatic amines is 2. The minimum Gasteiger partial charge on any atom is -0.495 e. The molecule has 0 unspecified atom stereocenters. The van der Waals surface area contributed by atoms with Crippen molar-refractivity contribution in [3.8, 4) is 45.1 Å². The molecule has 8 nitrogen and oxygen atoms in total. The van der Waals surface area contributed by atoms with Gasteiger partial charge in [0.2, 0.25) is 0 Å². The van der Waals surface area contributed by atoms with Gasteiger partial charge in [-0.2, -0.15) is 5.10 Å². The number of halogens is 1. The Morgan fingerprint density at radius 1 is 0.897 bits per heavy atom. The summed E-state index contributed by atoms with van der Waals surface area (Å²) in [5.74, 6) is 0.835. The van der Waals surface area contributed by atoms with Gasteiger partial charge in [0.05, 0.1) is 24.7 Å². The van der Waals surface area contributed by atoms with Crippen LogP contribution in [0.4, 0.5) is 4.39 Å². The molecule has 2 N–H and O–H groups in total. The van der Waals surface area contributed by atoms with Crippen molar-refractivity contribution in [2.75, 3.05) is 34.4 Å². The second-order valence-corrected chi connectivity index (χ2v) is 9.58. The second kappa shape index (κ2) is 10.2. The van der Waals surface area contributed by atoms with Crippen molar-refractivity contribution in [2.45, 2.75) is 0 Å². The highest BCUT2D eigenvalue weighted by molar-refractivity contribution is 6.01. The highest BCUT2D eigenvalue weighted by Crippen LogP contribution is 2.36. The van der Waals surface area contributed by atoms with E-state index < -0.39 is 0 Å². The Kier molecular flexibility index (Phi) is 6.42. The first kappa shape index (κ1) is 24.6. The summed E-state index contributed by atoms with van der Waals surface area (Å²) in [5, 5.41) is 9.37. The van der Waals surface area contributed by atoms with E-state index in [1.165, 1.54) is 12.1 Å². The van der Waals surface area contributed by atoms with Gasteiger partial charge in [0, 0.05) is 52.4 Å². The maximum atomic E-state index is 14.6. The Balaban J connectivity index is 1.40. The summed E-state index contributed by atoms with van der Waals surface area (Å²) in [7, 11) is 5.56. The number of likely N-dealkylation sites (N-methyl/N-ethyl adjacent to an activating group) is 1. The molecule has 0 aliphatic rings. The number of pyridine rings is 2. The number of nitrogens with zero attached hydrogens (tertiary/aromatic N) is 4. The number of methoxy groups -OCH3 is 1. The molecule has 0 aliphatic heterocycles. The van der Waals surface area contributed by atoms with E-state index in [1.54, 1.807) is 25.7 Å². The lowest BCUT2D eigenvalue weighted by atomic mass is 10.0. The Morgan fingerprint density at radius 3 is 2.59 bits per heavy atom. The molecule has 0 bridgehead atoms. The topological polar surface area (TPSA) is 91.9 Å². The van der Waals surface area contributed by atoms with E-state index in [-0.39, 0.29) is 5.82 Å². The standard InChI is InChI=1S/C30H27FN6O2/c1-37(2)7-8-39-22-10-18(9-21(31)13-22)24-5-4-6-27-25(24)14-28(34-27)29-26-12-20(16-33-30(26)36-35-29)19-11-23(38-3)17-32-15-19/h4-6,9-17,34H,7-8H2,1-3H3,(H,33,35,36). The summed E-state index contributed by atoms with van der Waals surface area (Å²) in [6.07, 6.45) is 5.21. The molecule has 0 atom stereocenters. The van der Waals surface area contributed by atoms with Crippen LogP contribution >= 0.6 is 0 Å². The Morgan fingerprint density at radius 2 is 1.74 bits per heavy atom. The molecule has 9 heteroatoms. The highest BCUT2D eigenvalue weighted by Gasteiger charge is 2.16. The molecule has 0 fully saturated rings. The number of hydrogen-bond acceptors (Lipinski definition) is 6. The quantitative estimate of drug-likeness (QED) is 0.258. The number of rotatable bonds is 8. The van der Waals surface area contributed by atoms with Gasteiger partial charge in [0.15, 0.2) is 5.65 Å². The number of fused-ring (bicyclic) bond motifs is 2. The van der Waals surface area contributed by atoms with Crippen LogP contribution in [0.2, 0.25) is 0 Å². The molecular formula is C30H27FN6O2. The van der Waals surface area contributed by atoms with E-state index >= 15 is 0 Å². The molecule has 6 rings (SSSR count). The van der Waals surface area contributed by atoms with Crippen molar-refractivity contribution < 1.29 is 13.9 Å². The lowest BCUT2D eigenvalue weighted by molar-refractivity contribution is 0.260. The third-order valence-corrected chi connectivity index (χ3v) is 6.61. The van der Waals surface area contributed by atoms with Crippen LogP contribution in [0.1, 0.15) is 0 Å². The SMILES string of the molecule is COc1cncc(-c2cnc3n[nH]c(-c4cc5c(-c6cc(F)cc(OCCN(C)C)c6)cccc5[nH]4)c3c2)c1. The smallest absolute Gasteiger partial charge is 0.181 e. The van der Waals surface area contributed by atoms with Gasteiger partial charge >= 0.3 is 0 Å². The van der Waals surface area contributed by atoms with E-state index in [2.05, 4.69) is 31.2 Å². The van der Waals surface area contributed by atoms with Crippen molar-refractivity contribution in [3.63, 3.8) is 0 Å². The number of ether oxygens (including phenoxy) is 2. The van der Waals surface area contributed by atoms with Gasteiger partial charge in [-0.15, -0.1) is 0 Å². The fourth-order valence-electron chi connectivity index (χ4n) is 4.64. The van der Waals surface area contributed by atoms with Crippen LogP contribution in [-0.2, 0) is 0 Å². The zero-order valence-corrected chi connectivity index (χ0v) is 21.8. The number of H-pyrrole nitrogens is 2. The molecule has 0 aliphatic carbocycles. The Labute approximate surface area is 224 Å². The van der Waals surface area contributed by atoms with E-state index in [0.29, 0.717) is 23.8 Å². The lowest BCUT2D eigenvalue weighted by Gasteiger charge is -2.12. The van der Waals surface area contributed by atoms with Gasteiger partial charge in [0.1, 0.15) is 23.9 Å². The minimum absolute atomic E-state index is 0.342. The highest BCUT2D eigenvalue weighted by atomic mass is 19.1. The predicted octanol–water partition coefficient (Wildman–Crippen LogP) is 5.92. The van der Waals surface area contributed by atoms with Crippen molar-refractivity contribution in [1.82, 2.24) is 30.0 Å². The largest absolute Gasteiger partial charge is 0.495 e. The monoisotopic (exact) mass is 522 g/mol. The van der Waals surface area contributed by atoms with Crippen LogP contribution in [0.5, 0.6) is 11.5 Å². The number of nitrogens with one attached hydrogen (secondary N) is 2. The number of hydrogen-bond donors (Lipinski definition) is 2. The molecule has 0 amide bonds. The number of benzene rings is 2. The number of aromatic nitrogens is 5. The normalized spacial score (nSPS) is 11.5. The molecule has 2 aromatic carbocycles. The Bertz CT molecular complexity index is 1790. The molecule has 4 aromatic heterocycles. The van der Waals surface area contributed by atoms with Crippen molar-refractivity contribution in [2.24, 2.45) is 0 Å². The summed E-state index contributed by atoms with van der Waals surface area (Å²) in [6, 6.07) is 16.8. The summed E-state index contributed by atoms with van der Waals surface area (Å²) in [6.45, 7) is 1.22. The van der Waals surface area contributed by atoms with Crippen molar-refractivity contribution >= 4 is 21.9 Å². The predicted molar refractivity (Wildman–Crippen MR) is 150 cm³/mol. The minimum atomic E-state index is -0.342. The summed E-state index contributed by atoms with van der Waals surface area (Å²) in [4.78, 5) is 14.3. The van der Waals surface area contributed by atoms with Gasteiger partial charge < -0.3 is 19.4 Å².